The maximum Gasteiger partial charge on any atom is 0.253 e. The van der Waals surface area contributed by atoms with Gasteiger partial charge in [0.2, 0.25) is 10.0 Å². The zero-order valence-electron chi connectivity index (χ0n) is 15.5. The van der Waals surface area contributed by atoms with Crippen molar-refractivity contribution in [2.75, 3.05) is 32.7 Å². The van der Waals surface area contributed by atoms with Crippen LogP contribution in [0.5, 0.6) is 0 Å². The minimum absolute atomic E-state index is 0.108. The number of likely N-dealkylation sites (N-methyl/N-ethyl adjacent to an activating group) is 1. The molecule has 0 saturated carbocycles. The molecule has 1 saturated heterocycles. The molecular weight excluding hydrogens is 362 g/mol. The highest BCUT2D eigenvalue weighted by Gasteiger charge is 2.23. The monoisotopic (exact) mass is 387 g/mol. The SMILES string of the molecule is CCN1CCN(C(=O)c2cccc(S(=O)(=O)NCc3ccccc3)c2)CC1. The Morgan fingerprint density at radius 1 is 1.00 bits per heavy atom. The lowest BCUT2D eigenvalue weighted by molar-refractivity contribution is 0.0643. The van der Waals surface area contributed by atoms with Crippen molar-refractivity contribution < 1.29 is 13.2 Å². The fraction of sp³-hybridized carbons (Fsp3) is 0.350. The quantitative estimate of drug-likeness (QED) is 0.822. The topological polar surface area (TPSA) is 69.7 Å². The summed E-state index contributed by atoms with van der Waals surface area (Å²) in [6.07, 6.45) is 0. The minimum Gasteiger partial charge on any atom is -0.336 e. The summed E-state index contributed by atoms with van der Waals surface area (Å²) in [7, 11) is -3.69. The van der Waals surface area contributed by atoms with Gasteiger partial charge in [0.15, 0.2) is 0 Å². The van der Waals surface area contributed by atoms with Crippen molar-refractivity contribution in [1.82, 2.24) is 14.5 Å². The number of nitrogens with one attached hydrogen (secondary N) is 1. The van der Waals surface area contributed by atoms with Crippen LogP contribution in [0.25, 0.3) is 0 Å². The largest absolute Gasteiger partial charge is 0.336 e. The van der Waals surface area contributed by atoms with Gasteiger partial charge in [-0.3, -0.25) is 4.79 Å². The van der Waals surface area contributed by atoms with E-state index >= 15 is 0 Å². The van der Waals surface area contributed by atoms with E-state index in [1.807, 2.05) is 30.3 Å². The zero-order valence-corrected chi connectivity index (χ0v) is 16.3. The van der Waals surface area contributed by atoms with Gasteiger partial charge in [0.05, 0.1) is 4.90 Å². The lowest BCUT2D eigenvalue weighted by atomic mass is 10.2. The number of piperazine rings is 1. The normalized spacial score (nSPS) is 15.7. The molecule has 1 aliphatic rings. The molecule has 2 aromatic rings. The third-order valence-corrected chi connectivity index (χ3v) is 6.21. The van der Waals surface area contributed by atoms with Gasteiger partial charge >= 0.3 is 0 Å². The molecule has 1 heterocycles. The van der Waals surface area contributed by atoms with Crippen molar-refractivity contribution in [2.24, 2.45) is 0 Å². The Morgan fingerprint density at radius 3 is 2.37 bits per heavy atom. The molecular formula is C20H25N3O3S. The average Bonchev–Trinajstić information content (AvgIpc) is 2.73. The molecule has 1 amide bonds. The first-order valence-electron chi connectivity index (χ1n) is 9.15. The number of carbonyl (C=O) groups excluding carboxylic acids is 1. The van der Waals surface area contributed by atoms with Crippen molar-refractivity contribution in [2.45, 2.75) is 18.4 Å². The van der Waals surface area contributed by atoms with Crippen LogP contribution in [0.4, 0.5) is 0 Å². The van der Waals surface area contributed by atoms with Gasteiger partial charge in [-0.2, -0.15) is 0 Å². The van der Waals surface area contributed by atoms with Crippen LogP contribution in [-0.4, -0.2) is 56.8 Å². The molecule has 0 bridgehead atoms. The maximum absolute atomic E-state index is 12.7. The maximum atomic E-state index is 12.7. The predicted molar refractivity (Wildman–Crippen MR) is 105 cm³/mol. The third-order valence-electron chi connectivity index (χ3n) is 4.81. The van der Waals surface area contributed by atoms with Crippen molar-refractivity contribution in [3.05, 3.63) is 65.7 Å². The highest BCUT2D eigenvalue weighted by Crippen LogP contribution is 2.15. The Balaban J connectivity index is 1.70. The number of sulfonamides is 1. The molecule has 0 unspecified atom stereocenters. The molecule has 1 N–H and O–H groups in total. The van der Waals surface area contributed by atoms with Crippen LogP contribution in [-0.2, 0) is 16.6 Å². The number of benzene rings is 2. The summed E-state index contributed by atoms with van der Waals surface area (Å²) < 4.78 is 27.8. The van der Waals surface area contributed by atoms with E-state index in [9.17, 15) is 13.2 Å². The summed E-state index contributed by atoms with van der Waals surface area (Å²) in [6, 6.07) is 15.6. The molecule has 0 aromatic heterocycles. The van der Waals surface area contributed by atoms with E-state index in [-0.39, 0.29) is 17.3 Å². The molecule has 0 aliphatic carbocycles. The van der Waals surface area contributed by atoms with Crippen molar-refractivity contribution in [3.8, 4) is 0 Å². The molecule has 3 rings (SSSR count). The number of hydrogen-bond acceptors (Lipinski definition) is 4. The number of nitrogens with zero attached hydrogens (tertiary/aromatic N) is 2. The summed E-state index contributed by atoms with van der Waals surface area (Å²) in [6.45, 7) is 6.31. The first-order chi connectivity index (χ1) is 13.0. The van der Waals surface area contributed by atoms with Crippen molar-refractivity contribution >= 4 is 15.9 Å². The molecule has 1 aliphatic heterocycles. The second-order valence-electron chi connectivity index (χ2n) is 6.56. The summed E-state index contributed by atoms with van der Waals surface area (Å²) >= 11 is 0. The first-order valence-corrected chi connectivity index (χ1v) is 10.6. The van der Waals surface area contributed by atoms with Gasteiger partial charge in [-0.25, -0.2) is 13.1 Å². The molecule has 0 spiro atoms. The van der Waals surface area contributed by atoms with Crippen molar-refractivity contribution in [3.63, 3.8) is 0 Å². The Kier molecular flexibility index (Phi) is 6.26. The van der Waals surface area contributed by atoms with Crippen LogP contribution >= 0.6 is 0 Å². The second kappa shape index (κ2) is 8.65. The highest BCUT2D eigenvalue weighted by atomic mass is 32.2. The third kappa shape index (κ3) is 4.94. The van der Waals surface area contributed by atoms with Gasteiger partial charge in [-0.05, 0) is 30.3 Å². The first kappa shape index (κ1) is 19.5. The zero-order chi connectivity index (χ0) is 19.3. The van der Waals surface area contributed by atoms with E-state index in [0.717, 1.165) is 25.2 Å². The van der Waals surface area contributed by atoms with Crippen LogP contribution in [0.1, 0.15) is 22.8 Å². The lowest BCUT2D eigenvalue weighted by Crippen LogP contribution is -2.48. The fourth-order valence-electron chi connectivity index (χ4n) is 3.10. The van der Waals surface area contributed by atoms with E-state index in [4.69, 9.17) is 0 Å². The minimum atomic E-state index is -3.69. The number of rotatable bonds is 6. The molecule has 1 fully saturated rings. The Labute approximate surface area is 160 Å². The van der Waals surface area contributed by atoms with E-state index in [1.54, 1.807) is 17.0 Å². The van der Waals surface area contributed by atoms with Crippen molar-refractivity contribution in [1.29, 1.82) is 0 Å². The highest BCUT2D eigenvalue weighted by molar-refractivity contribution is 7.89. The Morgan fingerprint density at radius 2 is 1.70 bits per heavy atom. The van der Waals surface area contributed by atoms with Gasteiger partial charge in [-0.15, -0.1) is 0 Å². The van der Waals surface area contributed by atoms with E-state index in [2.05, 4.69) is 16.5 Å². The van der Waals surface area contributed by atoms with Gasteiger partial charge in [0.1, 0.15) is 0 Å². The van der Waals surface area contributed by atoms with Crippen LogP contribution in [0, 0.1) is 0 Å². The molecule has 2 aromatic carbocycles. The Bertz CT molecular complexity index is 876. The molecule has 144 valence electrons. The standard InChI is InChI=1S/C20H25N3O3S/c1-2-22-11-13-23(14-12-22)20(24)18-9-6-10-19(15-18)27(25,26)21-16-17-7-4-3-5-8-17/h3-10,15,21H,2,11-14,16H2,1H3. The molecule has 0 radical (unpaired) electrons. The van der Waals surface area contributed by atoms with Gasteiger partial charge in [0.25, 0.3) is 5.91 Å². The number of hydrogen-bond donors (Lipinski definition) is 1. The van der Waals surface area contributed by atoms with Crippen LogP contribution in [0.3, 0.4) is 0 Å². The fourth-order valence-corrected chi connectivity index (χ4v) is 4.17. The predicted octanol–water partition coefficient (Wildman–Crippen LogP) is 1.94. The molecule has 6 nitrogen and oxygen atoms in total. The molecule has 27 heavy (non-hydrogen) atoms. The van der Waals surface area contributed by atoms with Crippen LogP contribution in [0.15, 0.2) is 59.5 Å². The molecule has 7 heteroatoms. The van der Waals surface area contributed by atoms with Gasteiger partial charge in [-0.1, -0.05) is 43.3 Å². The summed E-state index contributed by atoms with van der Waals surface area (Å²) in [5, 5.41) is 0. The number of amides is 1. The van der Waals surface area contributed by atoms with E-state index < -0.39 is 10.0 Å². The molecule has 0 atom stereocenters. The summed E-state index contributed by atoms with van der Waals surface area (Å²) in [4.78, 5) is 16.9. The van der Waals surface area contributed by atoms with Crippen LogP contribution in [0.2, 0.25) is 0 Å². The summed E-state index contributed by atoms with van der Waals surface area (Å²) in [5.41, 5.74) is 1.28. The second-order valence-corrected chi connectivity index (χ2v) is 8.33. The van der Waals surface area contributed by atoms with Gasteiger partial charge in [0, 0.05) is 38.3 Å². The lowest BCUT2D eigenvalue weighted by Gasteiger charge is -2.34. The number of carbonyl (C=O) groups is 1. The van der Waals surface area contributed by atoms with Gasteiger partial charge < -0.3 is 9.80 Å². The smallest absolute Gasteiger partial charge is 0.253 e. The van der Waals surface area contributed by atoms with E-state index in [0.29, 0.717) is 18.7 Å². The Hall–Kier alpha value is -2.22. The summed E-state index contributed by atoms with van der Waals surface area (Å²) in [5.74, 6) is -0.120. The van der Waals surface area contributed by atoms with E-state index in [1.165, 1.54) is 12.1 Å². The average molecular weight is 388 g/mol. The van der Waals surface area contributed by atoms with Crippen LogP contribution < -0.4 is 4.72 Å².